The average Bonchev–Trinajstić information content (AvgIpc) is 4.07. The van der Waals surface area contributed by atoms with E-state index in [1.54, 1.807) is 0 Å². The first-order valence-electron chi connectivity index (χ1n) is 20.1. The molecule has 9 aromatic carbocycles. The number of hydrogen-bond donors (Lipinski definition) is 0. The maximum Gasteiger partial charge on any atom is 0.147 e. The van der Waals surface area contributed by atoms with Gasteiger partial charge < -0.3 is 18.2 Å². The third-order valence-electron chi connectivity index (χ3n) is 12.3. The summed E-state index contributed by atoms with van der Waals surface area (Å²) < 4.78 is 19.4. The molecule has 59 heavy (non-hydrogen) atoms. The molecule has 0 atom stereocenters. The Balaban J connectivity index is 0.956. The molecule has 0 radical (unpaired) electrons. The van der Waals surface area contributed by atoms with Gasteiger partial charge in [-0.2, -0.15) is 0 Å². The number of fused-ring (bicyclic) bond motifs is 13. The van der Waals surface area contributed by atoms with Crippen LogP contribution < -0.4 is 4.90 Å². The van der Waals surface area contributed by atoms with Crippen molar-refractivity contribution in [3.05, 3.63) is 199 Å². The zero-order chi connectivity index (χ0) is 38.6. The van der Waals surface area contributed by atoms with E-state index in [4.69, 9.17) is 13.3 Å². The van der Waals surface area contributed by atoms with Crippen LogP contribution in [-0.2, 0) is 6.42 Å². The van der Waals surface area contributed by atoms with Crippen LogP contribution in [0.5, 0.6) is 0 Å². The van der Waals surface area contributed by atoms with Gasteiger partial charge in [0, 0.05) is 50.3 Å². The Bertz CT molecular complexity index is 3640. The number of benzene rings is 9. The molecule has 0 N–H and O–H groups in total. The summed E-state index contributed by atoms with van der Waals surface area (Å²) in [5, 5.41) is 6.53. The number of para-hydroxylation sites is 3. The first-order chi connectivity index (χ1) is 29.2. The van der Waals surface area contributed by atoms with Crippen LogP contribution in [0.4, 0.5) is 17.1 Å². The molecule has 12 aromatic rings. The molecule has 1 aliphatic rings. The van der Waals surface area contributed by atoms with E-state index in [-0.39, 0.29) is 0 Å². The number of anilines is 3. The van der Waals surface area contributed by atoms with Crippen molar-refractivity contribution < 1.29 is 13.3 Å². The fourth-order valence-electron chi connectivity index (χ4n) is 9.66. The van der Waals surface area contributed by atoms with Gasteiger partial charge in [0.05, 0.1) is 11.1 Å². The van der Waals surface area contributed by atoms with Crippen LogP contribution in [0.25, 0.3) is 99.2 Å². The van der Waals surface area contributed by atoms with Crippen LogP contribution in [0.15, 0.2) is 201 Å². The molecular formula is C55H33NO3. The third kappa shape index (κ3) is 4.78. The minimum atomic E-state index is 0.820. The maximum absolute atomic E-state index is 6.53. The van der Waals surface area contributed by atoms with Gasteiger partial charge in [-0.05, 0) is 99.6 Å². The molecule has 1 aliphatic carbocycles. The normalized spacial score (nSPS) is 12.3. The second-order valence-corrected chi connectivity index (χ2v) is 15.5. The zero-order valence-electron chi connectivity index (χ0n) is 31.8. The number of furan rings is 3. The van der Waals surface area contributed by atoms with Crippen molar-refractivity contribution in [2.45, 2.75) is 6.42 Å². The van der Waals surface area contributed by atoms with Gasteiger partial charge >= 0.3 is 0 Å². The summed E-state index contributed by atoms with van der Waals surface area (Å²) in [5.41, 5.74) is 18.2. The van der Waals surface area contributed by atoms with E-state index in [0.717, 1.165) is 106 Å². The number of hydrogen-bond acceptors (Lipinski definition) is 4. The Morgan fingerprint density at radius 3 is 1.66 bits per heavy atom. The lowest BCUT2D eigenvalue weighted by molar-refractivity contribution is 0.663. The summed E-state index contributed by atoms with van der Waals surface area (Å²) in [4.78, 5) is 2.41. The third-order valence-corrected chi connectivity index (χ3v) is 12.3. The molecule has 0 saturated carbocycles. The Morgan fingerprint density at radius 1 is 0.339 bits per heavy atom. The average molecular weight is 756 g/mol. The minimum Gasteiger partial charge on any atom is -0.456 e. The summed E-state index contributed by atoms with van der Waals surface area (Å²) >= 11 is 0. The van der Waals surface area contributed by atoms with Gasteiger partial charge in [0.2, 0.25) is 0 Å². The standard InChI is InChI=1S/C55H33NO3/c1-2-11-38-35(10-1)32-46-41(38)16-8-18-47(46)56(37-28-24-34(25-29-37)40-15-7-17-44-42-12-3-5-19-48(42)58-54(40)44)36-26-22-33(23-27-36)39-14-9-21-50-52(39)53-51(57-50)31-30-45-43-13-4-6-20-49(43)59-55(45)53/h1-31H,32H2. The smallest absolute Gasteiger partial charge is 0.147 e. The van der Waals surface area contributed by atoms with Crippen molar-refractivity contribution in [2.24, 2.45) is 0 Å². The van der Waals surface area contributed by atoms with Gasteiger partial charge in [0.15, 0.2) is 0 Å². The molecule has 0 bridgehead atoms. The fraction of sp³-hybridized carbons (Fsp3) is 0.0182. The molecule has 0 unspecified atom stereocenters. The summed E-state index contributed by atoms with van der Waals surface area (Å²) in [5.74, 6) is 0. The Hall–Kier alpha value is -7.82. The maximum atomic E-state index is 6.53. The summed E-state index contributed by atoms with van der Waals surface area (Å²) in [6.07, 6.45) is 0.883. The van der Waals surface area contributed by atoms with Crippen molar-refractivity contribution in [3.8, 4) is 33.4 Å². The molecular weight excluding hydrogens is 723 g/mol. The molecule has 3 aromatic heterocycles. The highest BCUT2D eigenvalue weighted by Crippen LogP contribution is 2.48. The van der Waals surface area contributed by atoms with E-state index in [2.05, 4.69) is 169 Å². The van der Waals surface area contributed by atoms with Gasteiger partial charge in [-0.3, -0.25) is 0 Å². The van der Waals surface area contributed by atoms with E-state index in [1.807, 2.05) is 24.3 Å². The second kappa shape index (κ2) is 12.3. The molecule has 0 aliphatic heterocycles. The highest BCUT2D eigenvalue weighted by atomic mass is 16.3. The molecule has 4 nitrogen and oxygen atoms in total. The van der Waals surface area contributed by atoms with Crippen molar-refractivity contribution in [1.82, 2.24) is 0 Å². The topological polar surface area (TPSA) is 42.7 Å². The summed E-state index contributed by atoms with van der Waals surface area (Å²) in [7, 11) is 0. The van der Waals surface area contributed by atoms with Gasteiger partial charge in [0.1, 0.15) is 33.5 Å². The van der Waals surface area contributed by atoms with E-state index in [9.17, 15) is 0 Å². The minimum absolute atomic E-state index is 0.820. The first kappa shape index (κ1) is 32.3. The van der Waals surface area contributed by atoms with Crippen molar-refractivity contribution >= 4 is 82.9 Å². The van der Waals surface area contributed by atoms with Crippen LogP contribution in [0, 0.1) is 0 Å². The Kier molecular flexibility index (Phi) is 6.75. The molecule has 13 rings (SSSR count). The van der Waals surface area contributed by atoms with Crippen molar-refractivity contribution in [3.63, 3.8) is 0 Å². The van der Waals surface area contributed by atoms with Crippen LogP contribution >= 0.6 is 0 Å². The monoisotopic (exact) mass is 755 g/mol. The first-order valence-corrected chi connectivity index (χ1v) is 20.1. The van der Waals surface area contributed by atoms with Gasteiger partial charge in [-0.25, -0.2) is 0 Å². The van der Waals surface area contributed by atoms with E-state index < -0.39 is 0 Å². The van der Waals surface area contributed by atoms with Gasteiger partial charge in [-0.15, -0.1) is 0 Å². The fourth-order valence-corrected chi connectivity index (χ4v) is 9.66. The van der Waals surface area contributed by atoms with E-state index in [1.165, 1.54) is 27.9 Å². The van der Waals surface area contributed by atoms with Gasteiger partial charge in [-0.1, -0.05) is 127 Å². The summed E-state index contributed by atoms with van der Waals surface area (Å²) in [6.45, 7) is 0. The van der Waals surface area contributed by atoms with Crippen LogP contribution in [0.3, 0.4) is 0 Å². The number of nitrogens with zero attached hydrogens (tertiary/aromatic N) is 1. The lowest BCUT2D eigenvalue weighted by atomic mass is 9.97. The Morgan fingerprint density at radius 2 is 0.881 bits per heavy atom. The van der Waals surface area contributed by atoms with Crippen LogP contribution in [-0.4, -0.2) is 0 Å². The largest absolute Gasteiger partial charge is 0.456 e. The molecule has 0 spiro atoms. The zero-order valence-corrected chi connectivity index (χ0v) is 31.8. The molecule has 0 saturated heterocycles. The molecule has 3 heterocycles. The van der Waals surface area contributed by atoms with Crippen LogP contribution in [0.1, 0.15) is 11.1 Å². The molecule has 0 amide bonds. The van der Waals surface area contributed by atoms with Crippen molar-refractivity contribution in [1.29, 1.82) is 0 Å². The van der Waals surface area contributed by atoms with Gasteiger partial charge in [0.25, 0.3) is 0 Å². The highest BCUT2D eigenvalue weighted by molar-refractivity contribution is 6.24. The SMILES string of the molecule is c1ccc2c(c1)Cc1c-2cccc1N(c1ccc(-c2cccc3c2oc2ccccc23)cc1)c1ccc(-c2cccc3oc4ccc5c6ccccc6oc5c4c23)cc1. The van der Waals surface area contributed by atoms with E-state index in [0.29, 0.717) is 0 Å². The quantitative estimate of drug-likeness (QED) is 0.175. The Labute approximate surface area is 338 Å². The summed E-state index contributed by atoms with van der Waals surface area (Å²) in [6, 6.07) is 66.8. The van der Waals surface area contributed by atoms with Crippen molar-refractivity contribution in [2.75, 3.05) is 4.90 Å². The lowest BCUT2D eigenvalue weighted by Gasteiger charge is -2.28. The molecule has 276 valence electrons. The lowest BCUT2D eigenvalue weighted by Crippen LogP contribution is -2.12. The van der Waals surface area contributed by atoms with Crippen LogP contribution in [0.2, 0.25) is 0 Å². The highest BCUT2D eigenvalue weighted by Gasteiger charge is 2.26. The predicted molar refractivity (Wildman–Crippen MR) is 242 cm³/mol. The second-order valence-electron chi connectivity index (χ2n) is 15.5. The number of rotatable bonds is 5. The molecule has 0 fully saturated rings. The predicted octanol–water partition coefficient (Wildman–Crippen LogP) is 15.8. The van der Waals surface area contributed by atoms with E-state index >= 15 is 0 Å². The molecule has 4 heteroatoms.